The molecule has 0 atom stereocenters. The van der Waals surface area contributed by atoms with Crippen LogP contribution in [0.3, 0.4) is 0 Å². The molecule has 0 bridgehead atoms. The molecule has 86 valence electrons. The van der Waals surface area contributed by atoms with Crippen molar-refractivity contribution in [2.24, 2.45) is 0 Å². The number of aromatic nitrogens is 2. The van der Waals surface area contributed by atoms with Crippen molar-refractivity contribution >= 4 is 11.6 Å². The van der Waals surface area contributed by atoms with Crippen LogP contribution >= 0.6 is 11.6 Å². The largest absolute Gasteiger partial charge is 0.324 e. The topological polar surface area (TPSA) is 45.8 Å². The third kappa shape index (κ3) is 1.76. The molecule has 0 aliphatic heterocycles. The van der Waals surface area contributed by atoms with Gasteiger partial charge in [-0.2, -0.15) is 0 Å². The van der Waals surface area contributed by atoms with Gasteiger partial charge in [-0.25, -0.2) is 0 Å². The highest BCUT2D eigenvalue weighted by atomic mass is 35.5. The maximum atomic E-state index is 11.5. The first-order valence-corrected chi connectivity index (χ1v) is 5.98. The van der Waals surface area contributed by atoms with Crippen molar-refractivity contribution in [3.05, 3.63) is 51.2 Å². The fourth-order valence-electron chi connectivity index (χ4n) is 2.32. The molecule has 0 radical (unpaired) electrons. The van der Waals surface area contributed by atoms with Crippen LogP contribution in [0, 0.1) is 0 Å². The molecular formula is C13H11ClN2O. The number of aryl methyl sites for hydroxylation is 2. The highest BCUT2D eigenvalue weighted by Gasteiger charge is 2.16. The molecule has 1 N–H and O–H groups in total. The highest BCUT2D eigenvalue weighted by Crippen LogP contribution is 2.31. The zero-order chi connectivity index (χ0) is 11.8. The summed E-state index contributed by atoms with van der Waals surface area (Å²) in [4.78, 5) is 18.5. The van der Waals surface area contributed by atoms with Gasteiger partial charge in [0.1, 0.15) is 5.02 Å². The van der Waals surface area contributed by atoms with Gasteiger partial charge in [0.05, 0.1) is 0 Å². The molecule has 2 aromatic rings. The third-order valence-electron chi connectivity index (χ3n) is 3.15. The Morgan fingerprint density at radius 3 is 3.06 bits per heavy atom. The lowest BCUT2D eigenvalue weighted by Crippen LogP contribution is -2.10. The van der Waals surface area contributed by atoms with Gasteiger partial charge in [0.2, 0.25) is 0 Å². The van der Waals surface area contributed by atoms with E-state index < -0.39 is 0 Å². The van der Waals surface area contributed by atoms with E-state index in [1.165, 1.54) is 5.56 Å². The quantitative estimate of drug-likeness (QED) is 0.777. The summed E-state index contributed by atoms with van der Waals surface area (Å²) in [5.74, 6) is 0. The number of fused-ring (bicyclic) bond motifs is 3. The van der Waals surface area contributed by atoms with Gasteiger partial charge in [-0.3, -0.25) is 9.78 Å². The second-order valence-electron chi connectivity index (χ2n) is 4.23. The number of rotatable bonds is 0. The minimum atomic E-state index is -0.210. The van der Waals surface area contributed by atoms with Crippen molar-refractivity contribution in [1.29, 1.82) is 0 Å². The van der Waals surface area contributed by atoms with Gasteiger partial charge in [-0.15, -0.1) is 0 Å². The summed E-state index contributed by atoms with van der Waals surface area (Å²) in [6.07, 6.45) is 6.55. The first kappa shape index (κ1) is 10.5. The summed E-state index contributed by atoms with van der Waals surface area (Å²) in [5.41, 5.74) is 4.11. The predicted molar refractivity (Wildman–Crippen MR) is 67.3 cm³/mol. The van der Waals surface area contributed by atoms with Gasteiger partial charge in [0.25, 0.3) is 5.56 Å². The molecule has 17 heavy (non-hydrogen) atoms. The van der Waals surface area contributed by atoms with Crippen molar-refractivity contribution in [3.63, 3.8) is 0 Å². The van der Waals surface area contributed by atoms with Crippen molar-refractivity contribution in [1.82, 2.24) is 9.97 Å². The SMILES string of the molecule is O=c1[nH]c2c(cc1Cl)-c1cnccc1CCC2. The van der Waals surface area contributed by atoms with Gasteiger partial charge in [-0.05, 0) is 37.0 Å². The number of aromatic amines is 1. The Morgan fingerprint density at radius 1 is 1.29 bits per heavy atom. The molecule has 0 saturated carbocycles. The first-order chi connectivity index (χ1) is 8.25. The van der Waals surface area contributed by atoms with Crippen LogP contribution in [-0.4, -0.2) is 9.97 Å². The number of halogens is 1. The van der Waals surface area contributed by atoms with Gasteiger partial charge in [-0.1, -0.05) is 11.6 Å². The van der Waals surface area contributed by atoms with Crippen molar-refractivity contribution < 1.29 is 0 Å². The minimum Gasteiger partial charge on any atom is -0.324 e. The molecule has 3 nitrogen and oxygen atoms in total. The van der Waals surface area contributed by atoms with Crippen LogP contribution < -0.4 is 5.56 Å². The van der Waals surface area contributed by atoms with Crippen LogP contribution in [0.5, 0.6) is 0 Å². The molecule has 1 aliphatic rings. The molecule has 0 fully saturated rings. The van der Waals surface area contributed by atoms with Crippen LogP contribution in [0.2, 0.25) is 5.02 Å². The van der Waals surface area contributed by atoms with E-state index in [2.05, 4.69) is 9.97 Å². The van der Waals surface area contributed by atoms with Crippen LogP contribution in [0.1, 0.15) is 17.7 Å². The fourth-order valence-corrected chi connectivity index (χ4v) is 2.48. The number of nitrogens with zero attached hydrogens (tertiary/aromatic N) is 1. The summed E-state index contributed by atoms with van der Waals surface area (Å²) < 4.78 is 0. The Morgan fingerprint density at radius 2 is 2.18 bits per heavy atom. The lowest BCUT2D eigenvalue weighted by molar-refractivity contribution is 0.810. The van der Waals surface area contributed by atoms with Gasteiger partial charge >= 0.3 is 0 Å². The van der Waals surface area contributed by atoms with Crippen LogP contribution in [0.15, 0.2) is 29.3 Å². The van der Waals surface area contributed by atoms with Crippen molar-refractivity contribution in [2.45, 2.75) is 19.3 Å². The first-order valence-electron chi connectivity index (χ1n) is 5.60. The second-order valence-corrected chi connectivity index (χ2v) is 4.63. The summed E-state index contributed by atoms with van der Waals surface area (Å²) in [5, 5.41) is 0.237. The number of hydrogen-bond donors (Lipinski definition) is 1. The summed E-state index contributed by atoms with van der Waals surface area (Å²) >= 11 is 5.90. The number of hydrogen-bond acceptors (Lipinski definition) is 2. The Balaban J connectivity index is 2.32. The average Bonchev–Trinajstić information content (AvgIpc) is 2.50. The summed E-state index contributed by atoms with van der Waals surface area (Å²) in [6, 6.07) is 3.78. The number of H-pyrrole nitrogens is 1. The third-order valence-corrected chi connectivity index (χ3v) is 3.43. The van der Waals surface area contributed by atoms with E-state index in [1.807, 2.05) is 12.3 Å². The van der Waals surface area contributed by atoms with E-state index in [4.69, 9.17) is 11.6 Å². The highest BCUT2D eigenvalue weighted by molar-refractivity contribution is 6.30. The zero-order valence-corrected chi connectivity index (χ0v) is 9.92. The molecule has 1 aliphatic carbocycles. The molecule has 0 amide bonds. The van der Waals surface area contributed by atoms with Crippen molar-refractivity contribution in [2.75, 3.05) is 0 Å². The van der Waals surface area contributed by atoms with E-state index in [0.717, 1.165) is 36.1 Å². The lowest BCUT2D eigenvalue weighted by atomic mass is 10.0. The Hall–Kier alpha value is -1.61. The molecule has 0 spiro atoms. The molecule has 2 aromatic heterocycles. The minimum absolute atomic E-state index is 0.210. The van der Waals surface area contributed by atoms with E-state index in [1.54, 1.807) is 12.3 Å². The Bertz CT molecular complexity index is 634. The van der Waals surface area contributed by atoms with Gasteiger partial charge < -0.3 is 4.98 Å². The van der Waals surface area contributed by atoms with Crippen LogP contribution in [-0.2, 0) is 12.8 Å². The lowest BCUT2D eigenvalue weighted by Gasteiger charge is -2.08. The Labute approximate surface area is 103 Å². The van der Waals surface area contributed by atoms with E-state index in [9.17, 15) is 4.79 Å². The monoisotopic (exact) mass is 246 g/mol. The summed E-state index contributed by atoms with van der Waals surface area (Å²) in [7, 11) is 0. The number of pyridine rings is 2. The molecule has 0 unspecified atom stereocenters. The standard InChI is InChI=1S/C13H11ClN2O/c14-11-6-9-10-7-15-5-4-8(10)2-1-3-12(9)16-13(11)17/h4-7H,1-3H2,(H,16,17). The van der Waals surface area contributed by atoms with Crippen LogP contribution in [0.25, 0.3) is 11.1 Å². The van der Waals surface area contributed by atoms with E-state index in [-0.39, 0.29) is 10.6 Å². The summed E-state index contributed by atoms with van der Waals surface area (Å²) in [6.45, 7) is 0. The molecule has 0 aromatic carbocycles. The van der Waals surface area contributed by atoms with Crippen molar-refractivity contribution in [3.8, 4) is 11.1 Å². The van der Waals surface area contributed by atoms with E-state index in [0.29, 0.717) is 0 Å². The van der Waals surface area contributed by atoms with Crippen LogP contribution in [0.4, 0.5) is 0 Å². The normalized spacial score (nSPS) is 13.7. The van der Waals surface area contributed by atoms with Gasteiger partial charge in [0, 0.05) is 29.2 Å². The number of nitrogens with one attached hydrogen (secondary N) is 1. The Kier molecular flexibility index (Phi) is 2.48. The van der Waals surface area contributed by atoms with E-state index >= 15 is 0 Å². The molecule has 2 heterocycles. The zero-order valence-electron chi connectivity index (χ0n) is 9.16. The maximum Gasteiger partial charge on any atom is 0.266 e. The van der Waals surface area contributed by atoms with Gasteiger partial charge in [0.15, 0.2) is 0 Å². The second kappa shape index (κ2) is 4.00. The molecule has 0 saturated heterocycles. The molecule has 4 heteroatoms. The molecular weight excluding hydrogens is 236 g/mol. The fraction of sp³-hybridized carbons (Fsp3) is 0.231. The average molecular weight is 247 g/mol. The smallest absolute Gasteiger partial charge is 0.266 e. The molecule has 3 rings (SSSR count). The maximum absolute atomic E-state index is 11.5. The predicted octanol–water partition coefficient (Wildman–Crippen LogP) is 2.58.